The van der Waals surface area contributed by atoms with Crippen molar-refractivity contribution in [3.63, 3.8) is 0 Å². The standard InChI is InChI=1S/C17H11F3N2O5S.Na/c18-17(19,20)27-12-4-2-11(3-5-12)21-22-16-14-7-6-13(28(24,25)26)9-10(14)1-8-15(16)23;/h1-9,23H,(H,24,25,26);/q;+1/p-1. The summed E-state index contributed by atoms with van der Waals surface area (Å²) in [6, 6.07) is 10.6. The Labute approximate surface area is 184 Å². The van der Waals surface area contributed by atoms with Gasteiger partial charge in [0, 0.05) is 5.39 Å². The molecule has 0 unspecified atom stereocenters. The molecule has 1 N–H and O–H groups in total. The van der Waals surface area contributed by atoms with Crippen LogP contribution in [0.1, 0.15) is 0 Å². The predicted octanol–water partition coefficient (Wildman–Crippen LogP) is 1.48. The third-order valence-corrected chi connectivity index (χ3v) is 4.41. The minimum atomic E-state index is -4.82. The first-order valence-corrected chi connectivity index (χ1v) is 8.96. The molecule has 0 aliphatic rings. The van der Waals surface area contributed by atoms with E-state index in [2.05, 4.69) is 15.0 Å². The third kappa shape index (κ3) is 5.90. The molecule has 0 aromatic heterocycles. The van der Waals surface area contributed by atoms with E-state index in [0.29, 0.717) is 10.8 Å². The fraction of sp³-hybridized carbons (Fsp3) is 0.0588. The normalized spacial score (nSPS) is 12.1. The van der Waals surface area contributed by atoms with E-state index >= 15 is 0 Å². The number of ether oxygens (including phenoxy) is 1. The number of halogens is 3. The Bertz CT molecular complexity index is 1170. The predicted molar refractivity (Wildman–Crippen MR) is 90.5 cm³/mol. The minimum absolute atomic E-state index is 0. The van der Waals surface area contributed by atoms with Crippen molar-refractivity contribution in [1.29, 1.82) is 0 Å². The molecule has 3 aromatic carbocycles. The van der Waals surface area contributed by atoms with Gasteiger partial charge in [0.05, 0.1) is 16.3 Å². The summed E-state index contributed by atoms with van der Waals surface area (Å²) in [4.78, 5) is -0.346. The quantitative estimate of drug-likeness (QED) is 0.380. The largest absolute Gasteiger partial charge is 1.00 e. The molecule has 0 saturated carbocycles. The molecule has 0 aliphatic carbocycles. The van der Waals surface area contributed by atoms with Gasteiger partial charge in [-0.05, 0) is 41.8 Å². The first kappa shape index (κ1) is 23.1. The second kappa shape index (κ2) is 8.67. The van der Waals surface area contributed by atoms with E-state index in [4.69, 9.17) is 4.55 Å². The fourth-order valence-electron chi connectivity index (χ4n) is 2.36. The van der Waals surface area contributed by atoms with Gasteiger partial charge in [0.15, 0.2) is 0 Å². The van der Waals surface area contributed by atoms with Gasteiger partial charge in [-0.25, -0.2) is 0 Å². The average molecular weight is 434 g/mol. The van der Waals surface area contributed by atoms with Gasteiger partial charge in [0.2, 0.25) is 0 Å². The minimum Gasteiger partial charge on any atom is -0.871 e. The first-order chi connectivity index (χ1) is 13.0. The Morgan fingerprint density at radius 1 is 0.966 bits per heavy atom. The van der Waals surface area contributed by atoms with Crippen LogP contribution < -0.4 is 39.4 Å². The summed E-state index contributed by atoms with van der Waals surface area (Å²) in [5, 5.41) is 20.4. The topological polar surface area (TPSA) is 111 Å². The number of fused-ring (bicyclic) bond motifs is 1. The summed E-state index contributed by atoms with van der Waals surface area (Å²) in [6.45, 7) is 0. The van der Waals surface area contributed by atoms with Crippen molar-refractivity contribution in [2.75, 3.05) is 0 Å². The van der Waals surface area contributed by atoms with Crippen LogP contribution in [-0.4, -0.2) is 19.3 Å². The van der Waals surface area contributed by atoms with Gasteiger partial charge in [0.25, 0.3) is 10.1 Å². The second-order valence-electron chi connectivity index (χ2n) is 5.51. The summed E-state index contributed by atoms with van der Waals surface area (Å²) in [6.07, 6.45) is -4.82. The van der Waals surface area contributed by atoms with Crippen molar-refractivity contribution in [3.8, 4) is 11.5 Å². The monoisotopic (exact) mass is 434 g/mol. The molecule has 0 atom stereocenters. The van der Waals surface area contributed by atoms with Crippen LogP contribution in [0.25, 0.3) is 10.8 Å². The van der Waals surface area contributed by atoms with Crippen LogP contribution in [0, 0.1) is 0 Å². The smallest absolute Gasteiger partial charge is 0.871 e. The molecule has 3 rings (SSSR count). The molecule has 0 bridgehead atoms. The van der Waals surface area contributed by atoms with E-state index in [-0.39, 0.29) is 45.8 Å². The van der Waals surface area contributed by atoms with Crippen LogP contribution in [0.4, 0.5) is 24.5 Å². The van der Waals surface area contributed by atoms with E-state index in [1.807, 2.05) is 0 Å². The van der Waals surface area contributed by atoms with Gasteiger partial charge in [0.1, 0.15) is 5.75 Å². The number of benzene rings is 3. The average Bonchev–Trinajstić information content (AvgIpc) is 2.59. The number of nitrogens with zero attached hydrogens (tertiary/aromatic N) is 2. The molecular weight excluding hydrogens is 424 g/mol. The number of rotatable bonds is 4. The van der Waals surface area contributed by atoms with E-state index in [1.54, 1.807) is 0 Å². The number of hydrogen-bond donors (Lipinski definition) is 1. The van der Waals surface area contributed by atoms with Gasteiger partial charge in [-0.1, -0.05) is 23.9 Å². The Kier molecular flexibility index (Phi) is 6.91. The summed E-state index contributed by atoms with van der Waals surface area (Å²) in [7, 11) is -4.41. The molecule has 12 heteroatoms. The van der Waals surface area contributed by atoms with Crippen LogP contribution in [0.15, 0.2) is 69.7 Å². The van der Waals surface area contributed by atoms with Crippen molar-refractivity contribution in [3.05, 3.63) is 54.6 Å². The second-order valence-corrected chi connectivity index (χ2v) is 6.93. The Morgan fingerprint density at radius 2 is 1.62 bits per heavy atom. The molecule has 3 aromatic rings. The van der Waals surface area contributed by atoms with Crippen molar-refractivity contribution >= 4 is 32.3 Å². The van der Waals surface area contributed by atoms with Crippen LogP contribution >= 0.6 is 0 Å². The van der Waals surface area contributed by atoms with Crippen LogP contribution in [0.3, 0.4) is 0 Å². The molecular formula is C17H10F3N2NaO5S. The van der Waals surface area contributed by atoms with Gasteiger partial charge in [-0.2, -0.15) is 18.6 Å². The molecule has 0 fully saturated rings. The molecule has 29 heavy (non-hydrogen) atoms. The molecule has 0 spiro atoms. The zero-order chi connectivity index (χ0) is 20.5. The van der Waals surface area contributed by atoms with E-state index < -0.39 is 28.0 Å². The van der Waals surface area contributed by atoms with Gasteiger partial charge in [-0.15, -0.1) is 13.2 Å². The zero-order valence-corrected chi connectivity index (χ0v) is 17.5. The summed E-state index contributed by atoms with van der Waals surface area (Å²) < 4.78 is 71.8. The van der Waals surface area contributed by atoms with Gasteiger partial charge < -0.3 is 9.84 Å². The maximum absolute atomic E-state index is 12.2. The molecule has 0 radical (unpaired) electrons. The maximum atomic E-state index is 12.2. The van der Waals surface area contributed by atoms with Crippen molar-refractivity contribution in [2.24, 2.45) is 10.2 Å². The summed E-state index contributed by atoms with van der Waals surface area (Å²) in [5.74, 6) is -0.924. The number of hydrogen-bond acceptors (Lipinski definition) is 6. The van der Waals surface area contributed by atoms with E-state index in [1.165, 1.54) is 30.3 Å². The Hall–Kier alpha value is -2.18. The number of azo groups is 1. The van der Waals surface area contributed by atoms with Crippen molar-refractivity contribution in [1.82, 2.24) is 0 Å². The molecule has 0 saturated heterocycles. The van der Waals surface area contributed by atoms with Crippen LogP contribution in [0.2, 0.25) is 0 Å². The molecule has 0 heterocycles. The summed E-state index contributed by atoms with van der Waals surface area (Å²) >= 11 is 0. The third-order valence-electron chi connectivity index (χ3n) is 3.56. The molecule has 0 amide bonds. The summed E-state index contributed by atoms with van der Waals surface area (Å²) in [5.41, 5.74) is 0.0792. The van der Waals surface area contributed by atoms with Crippen LogP contribution in [-0.2, 0) is 10.1 Å². The van der Waals surface area contributed by atoms with Gasteiger partial charge >= 0.3 is 35.9 Å². The van der Waals surface area contributed by atoms with Crippen molar-refractivity contribution < 1.29 is 65.5 Å². The molecule has 7 nitrogen and oxygen atoms in total. The van der Waals surface area contributed by atoms with E-state index in [0.717, 1.165) is 24.3 Å². The Balaban J connectivity index is 0.00000300. The molecule has 146 valence electrons. The Morgan fingerprint density at radius 3 is 2.21 bits per heavy atom. The van der Waals surface area contributed by atoms with Gasteiger partial charge in [-0.3, -0.25) is 4.55 Å². The first-order valence-electron chi connectivity index (χ1n) is 7.52. The van der Waals surface area contributed by atoms with E-state index in [9.17, 15) is 26.7 Å². The zero-order valence-electron chi connectivity index (χ0n) is 14.7. The van der Waals surface area contributed by atoms with Crippen LogP contribution in [0.5, 0.6) is 11.5 Å². The SMILES string of the molecule is O=S(=O)(O)c1ccc2c(N=Nc3ccc(OC(F)(F)F)cc3)c([O-])ccc2c1.[Na+]. The van der Waals surface area contributed by atoms with Crippen molar-refractivity contribution in [2.45, 2.75) is 11.3 Å². The fourth-order valence-corrected chi connectivity index (χ4v) is 2.87. The number of alkyl halides is 3. The molecule has 0 aliphatic heterocycles. The maximum Gasteiger partial charge on any atom is 1.00 e.